The van der Waals surface area contributed by atoms with Crippen molar-refractivity contribution in [1.82, 2.24) is 24.4 Å². The summed E-state index contributed by atoms with van der Waals surface area (Å²) in [5.74, 6) is 8.61. The lowest BCUT2D eigenvalue weighted by Gasteiger charge is -2.16. The van der Waals surface area contributed by atoms with Crippen molar-refractivity contribution >= 4 is 34.4 Å². The van der Waals surface area contributed by atoms with Gasteiger partial charge in [0.15, 0.2) is 0 Å². The molecule has 34 heavy (non-hydrogen) atoms. The molecule has 2 aliphatic rings. The Morgan fingerprint density at radius 2 is 2.06 bits per heavy atom. The van der Waals surface area contributed by atoms with Crippen molar-refractivity contribution in [3.63, 3.8) is 0 Å². The van der Waals surface area contributed by atoms with Crippen LogP contribution in [0.3, 0.4) is 0 Å². The normalized spacial score (nSPS) is 20.7. The first-order valence-electron chi connectivity index (χ1n) is 11.1. The van der Waals surface area contributed by atoms with Gasteiger partial charge in [-0.05, 0) is 49.8 Å². The first kappa shape index (κ1) is 22.2. The molecule has 1 saturated heterocycles. The lowest BCUT2D eigenvalue weighted by atomic mass is 10.1. The summed E-state index contributed by atoms with van der Waals surface area (Å²) < 4.78 is 7.43. The number of halogens is 1. The van der Waals surface area contributed by atoms with E-state index in [-0.39, 0.29) is 17.9 Å². The van der Waals surface area contributed by atoms with Crippen LogP contribution in [0.2, 0.25) is 5.02 Å². The first-order valence-corrected chi connectivity index (χ1v) is 11.5. The van der Waals surface area contributed by atoms with Gasteiger partial charge in [-0.3, -0.25) is 4.79 Å². The summed E-state index contributed by atoms with van der Waals surface area (Å²) in [6, 6.07) is 3.64. The Morgan fingerprint density at radius 3 is 2.71 bits per heavy atom. The molecule has 8 nitrogen and oxygen atoms in total. The largest absolute Gasteiger partial charge is 0.480 e. The lowest BCUT2D eigenvalue weighted by Crippen LogP contribution is -2.29. The van der Waals surface area contributed by atoms with E-state index >= 15 is 0 Å². The Morgan fingerprint density at radius 1 is 1.32 bits per heavy atom. The van der Waals surface area contributed by atoms with Gasteiger partial charge in [-0.25, -0.2) is 15.0 Å². The summed E-state index contributed by atoms with van der Waals surface area (Å²) in [4.78, 5) is 27.1. The molecule has 0 aromatic carbocycles. The maximum atomic E-state index is 11.9. The van der Waals surface area contributed by atoms with Crippen LogP contribution in [0.15, 0.2) is 31.1 Å². The smallest absolute Gasteiger partial charge is 0.245 e. The SMILES string of the molecule is C=CC(=O)N1C[C@@H]2[C@@H](C#Cc3c(-c4ccc(Cl)c(OC)n4)c4c(N)ncnc4n3C(C)C)[C@@H]2C1. The summed E-state index contributed by atoms with van der Waals surface area (Å²) in [6.07, 6.45) is 2.83. The third kappa shape index (κ3) is 3.48. The number of ether oxygens (including phenoxy) is 1. The lowest BCUT2D eigenvalue weighted by molar-refractivity contribution is -0.125. The molecule has 1 aliphatic carbocycles. The van der Waals surface area contributed by atoms with Crippen molar-refractivity contribution in [2.24, 2.45) is 17.8 Å². The minimum Gasteiger partial charge on any atom is -0.480 e. The number of nitrogens with two attached hydrogens (primary N) is 1. The average molecular weight is 477 g/mol. The summed E-state index contributed by atoms with van der Waals surface area (Å²) in [5, 5.41) is 1.12. The fraction of sp³-hybridized carbons (Fsp3) is 0.360. The summed E-state index contributed by atoms with van der Waals surface area (Å²) in [6.45, 7) is 9.19. The van der Waals surface area contributed by atoms with Crippen molar-refractivity contribution in [3.8, 4) is 29.0 Å². The van der Waals surface area contributed by atoms with Crippen LogP contribution in [-0.2, 0) is 4.79 Å². The maximum Gasteiger partial charge on any atom is 0.245 e. The molecule has 1 amide bonds. The monoisotopic (exact) mass is 476 g/mol. The van der Waals surface area contributed by atoms with Crippen LogP contribution in [0.5, 0.6) is 5.88 Å². The first-order chi connectivity index (χ1) is 16.3. The van der Waals surface area contributed by atoms with Crippen LogP contribution in [-0.4, -0.2) is 50.5 Å². The van der Waals surface area contributed by atoms with Crippen molar-refractivity contribution in [1.29, 1.82) is 0 Å². The van der Waals surface area contributed by atoms with Gasteiger partial charge in [-0.1, -0.05) is 24.1 Å². The summed E-state index contributed by atoms with van der Waals surface area (Å²) in [7, 11) is 1.53. The van der Waals surface area contributed by atoms with E-state index in [1.807, 2.05) is 11.0 Å². The Hall–Kier alpha value is -3.57. The van der Waals surface area contributed by atoms with Gasteiger partial charge in [-0.2, -0.15) is 0 Å². The molecular weight excluding hydrogens is 452 g/mol. The van der Waals surface area contributed by atoms with Crippen LogP contribution in [0.25, 0.3) is 22.3 Å². The minimum atomic E-state index is -0.0158. The summed E-state index contributed by atoms with van der Waals surface area (Å²) >= 11 is 6.23. The van der Waals surface area contributed by atoms with Crippen LogP contribution in [0.1, 0.15) is 25.6 Å². The highest BCUT2D eigenvalue weighted by atomic mass is 35.5. The number of methoxy groups -OCH3 is 1. The molecule has 2 fully saturated rings. The standard InChI is InChI=1S/C25H25ClN6O2/c1-5-20(33)31-10-15-14(16(15)11-31)6-9-19-21(18-8-7-17(26)25(30-18)34-4)22-23(27)28-12-29-24(22)32(19)13(2)3/h5,7-8,12-16H,1,10-11H2,2-4H3,(H2,27,28,29)/t14-,15-,16+. The Balaban J connectivity index is 1.63. The van der Waals surface area contributed by atoms with Crippen LogP contribution < -0.4 is 10.5 Å². The number of nitrogens with zero attached hydrogens (tertiary/aromatic N) is 5. The number of hydrogen-bond donors (Lipinski definition) is 1. The van der Waals surface area contributed by atoms with Crippen LogP contribution in [0.4, 0.5) is 5.82 Å². The van der Waals surface area contributed by atoms with Crippen LogP contribution in [0, 0.1) is 29.6 Å². The van der Waals surface area contributed by atoms with Gasteiger partial charge >= 0.3 is 0 Å². The molecule has 3 aromatic heterocycles. The number of rotatable bonds is 4. The second-order valence-electron chi connectivity index (χ2n) is 8.90. The zero-order valence-corrected chi connectivity index (χ0v) is 20.0. The zero-order valence-electron chi connectivity index (χ0n) is 19.2. The molecule has 9 heteroatoms. The summed E-state index contributed by atoms with van der Waals surface area (Å²) in [5.41, 5.74) is 9.21. The topological polar surface area (TPSA) is 99.2 Å². The average Bonchev–Trinajstić information content (AvgIpc) is 3.15. The molecule has 1 aliphatic heterocycles. The number of nitrogen functional groups attached to an aromatic ring is 1. The molecule has 1 saturated carbocycles. The Kier molecular flexibility index (Phi) is 5.45. The quantitative estimate of drug-likeness (QED) is 0.456. The number of amides is 1. The van der Waals surface area contributed by atoms with E-state index in [9.17, 15) is 4.79 Å². The fourth-order valence-electron chi connectivity index (χ4n) is 4.94. The Bertz CT molecular complexity index is 1370. The van der Waals surface area contributed by atoms with Gasteiger partial charge in [-0.15, -0.1) is 0 Å². The van der Waals surface area contributed by atoms with E-state index < -0.39 is 0 Å². The van der Waals surface area contributed by atoms with Gasteiger partial charge in [0, 0.05) is 30.6 Å². The second kappa shape index (κ2) is 8.33. The van der Waals surface area contributed by atoms with Gasteiger partial charge < -0.3 is 19.9 Å². The van der Waals surface area contributed by atoms with E-state index in [4.69, 9.17) is 22.1 Å². The number of carbonyl (C=O) groups is 1. The predicted molar refractivity (Wildman–Crippen MR) is 131 cm³/mol. The number of piperidine rings is 1. The molecule has 3 aromatic rings. The number of aromatic nitrogens is 4. The molecule has 0 unspecified atom stereocenters. The van der Waals surface area contributed by atoms with Gasteiger partial charge in [0.1, 0.15) is 28.5 Å². The van der Waals surface area contributed by atoms with Crippen molar-refractivity contribution in [2.75, 3.05) is 25.9 Å². The second-order valence-corrected chi connectivity index (χ2v) is 9.31. The van der Waals surface area contributed by atoms with Gasteiger partial charge in [0.05, 0.1) is 18.2 Å². The minimum absolute atomic E-state index is 0.0158. The molecule has 4 heterocycles. The highest BCUT2D eigenvalue weighted by Gasteiger charge is 2.55. The van der Waals surface area contributed by atoms with Crippen molar-refractivity contribution < 1.29 is 9.53 Å². The molecule has 2 N–H and O–H groups in total. The van der Waals surface area contributed by atoms with Crippen LogP contribution >= 0.6 is 11.6 Å². The van der Waals surface area contributed by atoms with E-state index in [2.05, 4.69) is 51.8 Å². The molecular formula is C25H25ClN6O2. The predicted octanol–water partition coefficient (Wildman–Crippen LogP) is 3.56. The van der Waals surface area contributed by atoms with Crippen molar-refractivity contribution in [3.05, 3.63) is 41.8 Å². The van der Waals surface area contributed by atoms with E-state index in [0.717, 1.165) is 24.3 Å². The number of fused-ring (bicyclic) bond motifs is 2. The van der Waals surface area contributed by atoms with Gasteiger partial charge in [0.2, 0.25) is 11.8 Å². The Labute approximate surface area is 202 Å². The maximum absolute atomic E-state index is 11.9. The zero-order chi connectivity index (χ0) is 24.1. The van der Waals surface area contributed by atoms with Gasteiger partial charge in [0.25, 0.3) is 0 Å². The molecule has 0 spiro atoms. The molecule has 3 atom stereocenters. The molecule has 174 valence electrons. The number of carbonyl (C=O) groups excluding carboxylic acids is 1. The molecule has 0 bridgehead atoms. The highest BCUT2D eigenvalue weighted by Crippen LogP contribution is 2.51. The van der Waals surface area contributed by atoms with E-state index in [1.165, 1.54) is 19.5 Å². The van der Waals surface area contributed by atoms with E-state index in [0.29, 0.717) is 45.3 Å². The third-order valence-electron chi connectivity index (χ3n) is 6.63. The highest BCUT2D eigenvalue weighted by molar-refractivity contribution is 6.31. The molecule has 5 rings (SSSR count). The number of anilines is 1. The third-order valence-corrected chi connectivity index (χ3v) is 6.92. The molecule has 0 radical (unpaired) electrons. The van der Waals surface area contributed by atoms with E-state index in [1.54, 1.807) is 6.07 Å². The number of pyridine rings is 1. The van der Waals surface area contributed by atoms with Crippen molar-refractivity contribution in [2.45, 2.75) is 19.9 Å². The number of hydrogen-bond acceptors (Lipinski definition) is 6. The number of likely N-dealkylation sites (tertiary alicyclic amines) is 1. The fourth-order valence-corrected chi connectivity index (χ4v) is 5.12.